The normalized spacial score (nSPS) is 10.8. The average Bonchev–Trinajstić information content (AvgIpc) is 2.60. The number of hydrogen-bond acceptors (Lipinski definition) is 4. The standard InChI is InChI=1S/C20H19NO3/c1-3-23-19-10-8-16(9-11-19)12-18(13-21)20(22)24-14-17-7-5-4-6-15(17)2/h4-12H,3,14H2,1-2H3/b18-12+. The maximum atomic E-state index is 12.1. The van der Waals surface area contributed by atoms with E-state index < -0.39 is 5.97 Å². The van der Waals surface area contributed by atoms with Crippen LogP contribution in [0.15, 0.2) is 54.1 Å². The van der Waals surface area contributed by atoms with E-state index in [1.165, 1.54) is 6.08 Å². The van der Waals surface area contributed by atoms with Crippen LogP contribution in [0.5, 0.6) is 5.75 Å². The molecular weight excluding hydrogens is 302 g/mol. The molecule has 0 N–H and O–H groups in total. The average molecular weight is 321 g/mol. The lowest BCUT2D eigenvalue weighted by atomic mass is 10.1. The second kappa shape index (κ2) is 8.54. The predicted octanol–water partition coefficient (Wildman–Crippen LogP) is 4.04. The number of aryl methyl sites for hydroxylation is 1. The van der Waals surface area contributed by atoms with Gasteiger partial charge in [0, 0.05) is 0 Å². The first-order valence-corrected chi connectivity index (χ1v) is 7.70. The molecule has 0 saturated carbocycles. The lowest BCUT2D eigenvalue weighted by Crippen LogP contribution is -2.07. The van der Waals surface area contributed by atoms with Gasteiger partial charge in [0.2, 0.25) is 0 Å². The van der Waals surface area contributed by atoms with E-state index in [1.807, 2.05) is 44.2 Å². The first-order valence-electron chi connectivity index (χ1n) is 7.70. The van der Waals surface area contributed by atoms with Gasteiger partial charge in [-0.25, -0.2) is 4.79 Å². The molecule has 0 atom stereocenters. The van der Waals surface area contributed by atoms with Gasteiger partial charge in [-0.05, 0) is 48.7 Å². The molecule has 0 radical (unpaired) electrons. The molecule has 0 aliphatic heterocycles. The summed E-state index contributed by atoms with van der Waals surface area (Å²) >= 11 is 0. The van der Waals surface area contributed by atoms with Crippen LogP contribution in [0, 0.1) is 18.3 Å². The Morgan fingerprint density at radius 3 is 2.50 bits per heavy atom. The topological polar surface area (TPSA) is 59.3 Å². The molecule has 122 valence electrons. The van der Waals surface area contributed by atoms with Gasteiger partial charge in [0.05, 0.1) is 6.61 Å². The third kappa shape index (κ3) is 4.72. The smallest absolute Gasteiger partial charge is 0.349 e. The summed E-state index contributed by atoms with van der Waals surface area (Å²) < 4.78 is 10.6. The molecular formula is C20H19NO3. The zero-order valence-electron chi connectivity index (χ0n) is 13.8. The summed E-state index contributed by atoms with van der Waals surface area (Å²) in [6.07, 6.45) is 1.51. The highest BCUT2D eigenvalue weighted by Crippen LogP contribution is 2.16. The minimum atomic E-state index is -0.630. The van der Waals surface area contributed by atoms with Gasteiger partial charge < -0.3 is 9.47 Å². The highest BCUT2D eigenvalue weighted by Gasteiger charge is 2.11. The molecule has 2 aromatic carbocycles. The second-order valence-electron chi connectivity index (χ2n) is 5.17. The predicted molar refractivity (Wildman–Crippen MR) is 92.2 cm³/mol. The highest BCUT2D eigenvalue weighted by atomic mass is 16.5. The van der Waals surface area contributed by atoms with Crippen molar-refractivity contribution in [3.63, 3.8) is 0 Å². The summed E-state index contributed by atoms with van der Waals surface area (Å²) in [6, 6.07) is 16.7. The summed E-state index contributed by atoms with van der Waals surface area (Å²) in [4.78, 5) is 12.1. The van der Waals surface area contributed by atoms with Crippen molar-refractivity contribution in [1.29, 1.82) is 5.26 Å². The molecule has 4 heteroatoms. The number of rotatable bonds is 6. The number of carbonyl (C=O) groups excluding carboxylic acids is 1. The Labute approximate surface area is 141 Å². The number of carbonyl (C=O) groups is 1. The molecule has 0 aliphatic carbocycles. The molecule has 0 unspecified atom stereocenters. The second-order valence-corrected chi connectivity index (χ2v) is 5.17. The largest absolute Gasteiger partial charge is 0.494 e. The van der Waals surface area contributed by atoms with E-state index in [4.69, 9.17) is 9.47 Å². The van der Waals surface area contributed by atoms with Crippen molar-refractivity contribution in [3.8, 4) is 11.8 Å². The van der Waals surface area contributed by atoms with Crippen molar-refractivity contribution >= 4 is 12.0 Å². The number of hydrogen-bond donors (Lipinski definition) is 0. The first kappa shape index (κ1) is 17.3. The van der Waals surface area contributed by atoms with Crippen LogP contribution in [0.3, 0.4) is 0 Å². The van der Waals surface area contributed by atoms with Gasteiger partial charge in [-0.3, -0.25) is 0 Å². The van der Waals surface area contributed by atoms with Crippen molar-refractivity contribution in [2.24, 2.45) is 0 Å². The van der Waals surface area contributed by atoms with Crippen LogP contribution in [0.4, 0.5) is 0 Å². The van der Waals surface area contributed by atoms with Crippen LogP contribution < -0.4 is 4.74 Å². The van der Waals surface area contributed by atoms with Crippen molar-refractivity contribution in [2.75, 3.05) is 6.61 Å². The fraction of sp³-hybridized carbons (Fsp3) is 0.200. The zero-order chi connectivity index (χ0) is 17.4. The van der Waals surface area contributed by atoms with Gasteiger partial charge in [-0.2, -0.15) is 5.26 Å². The Morgan fingerprint density at radius 1 is 1.17 bits per heavy atom. The Balaban J connectivity index is 2.05. The number of benzene rings is 2. The van der Waals surface area contributed by atoms with Crippen molar-refractivity contribution in [3.05, 3.63) is 70.8 Å². The SMILES string of the molecule is CCOc1ccc(/C=C(\C#N)C(=O)OCc2ccccc2C)cc1. The lowest BCUT2D eigenvalue weighted by molar-refractivity contribution is -0.139. The molecule has 0 amide bonds. The van der Waals surface area contributed by atoms with Crippen LogP contribution in [0.1, 0.15) is 23.6 Å². The molecule has 0 spiro atoms. The molecule has 0 aromatic heterocycles. The molecule has 0 bridgehead atoms. The summed E-state index contributed by atoms with van der Waals surface area (Å²) in [5.74, 6) is 0.116. The molecule has 4 nitrogen and oxygen atoms in total. The monoisotopic (exact) mass is 321 g/mol. The van der Waals surface area contributed by atoms with Gasteiger partial charge in [-0.15, -0.1) is 0 Å². The van der Waals surface area contributed by atoms with E-state index >= 15 is 0 Å². The van der Waals surface area contributed by atoms with E-state index in [0.29, 0.717) is 6.61 Å². The van der Waals surface area contributed by atoms with Gasteiger partial charge in [0.1, 0.15) is 24.0 Å². The number of nitriles is 1. The molecule has 2 rings (SSSR count). The molecule has 0 fully saturated rings. The van der Waals surface area contributed by atoms with Crippen molar-refractivity contribution in [1.82, 2.24) is 0 Å². The number of nitrogens with zero attached hydrogens (tertiary/aromatic N) is 1. The Kier molecular flexibility index (Phi) is 6.16. The maximum absolute atomic E-state index is 12.1. The van der Waals surface area contributed by atoms with Crippen LogP contribution >= 0.6 is 0 Å². The Morgan fingerprint density at radius 2 is 1.88 bits per heavy atom. The fourth-order valence-corrected chi connectivity index (χ4v) is 2.12. The van der Waals surface area contributed by atoms with Crippen molar-refractivity contribution < 1.29 is 14.3 Å². The molecule has 0 aliphatic rings. The maximum Gasteiger partial charge on any atom is 0.349 e. The summed E-state index contributed by atoms with van der Waals surface area (Å²) in [6.45, 7) is 4.59. The van der Waals surface area contributed by atoms with Gasteiger partial charge in [-0.1, -0.05) is 36.4 Å². The van der Waals surface area contributed by atoms with E-state index in [0.717, 1.165) is 22.4 Å². The minimum Gasteiger partial charge on any atom is -0.494 e. The fourth-order valence-electron chi connectivity index (χ4n) is 2.12. The van der Waals surface area contributed by atoms with Crippen molar-refractivity contribution in [2.45, 2.75) is 20.5 Å². The molecule has 2 aromatic rings. The van der Waals surface area contributed by atoms with E-state index in [-0.39, 0.29) is 12.2 Å². The highest BCUT2D eigenvalue weighted by molar-refractivity contribution is 5.97. The lowest BCUT2D eigenvalue weighted by Gasteiger charge is -2.07. The first-order chi connectivity index (χ1) is 11.6. The van der Waals surface area contributed by atoms with Crippen LogP contribution in [-0.4, -0.2) is 12.6 Å². The van der Waals surface area contributed by atoms with Crippen LogP contribution in [0.2, 0.25) is 0 Å². The molecule has 24 heavy (non-hydrogen) atoms. The zero-order valence-corrected chi connectivity index (χ0v) is 13.8. The number of ether oxygens (including phenoxy) is 2. The van der Waals surface area contributed by atoms with Crippen LogP contribution in [0.25, 0.3) is 6.08 Å². The molecule has 0 heterocycles. The quantitative estimate of drug-likeness (QED) is 0.457. The molecule has 0 saturated heterocycles. The summed E-state index contributed by atoms with van der Waals surface area (Å²) in [5.41, 5.74) is 2.67. The van der Waals surface area contributed by atoms with E-state index in [9.17, 15) is 10.1 Å². The van der Waals surface area contributed by atoms with Gasteiger partial charge >= 0.3 is 5.97 Å². The summed E-state index contributed by atoms with van der Waals surface area (Å²) in [7, 11) is 0. The third-order valence-corrected chi connectivity index (χ3v) is 3.46. The van der Waals surface area contributed by atoms with Crippen LogP contribution in [-0.2, 0) is 16.1 Å². The third-order valence-electron chi connectivity index (χ3n) is 3.46. The Hall–Kier alpha value is -3.06. The van der Waals surface area contributed by atoms with Gasteiger partial charge in [0.25, 0.3) is 0 Å². The summed E-state index contributed by atoms with van der Waals surface area (Å²) in [5, 5.41) is 9.20. The minimum absolute atomic E-state index is 0.0345. The van der Waals surface area contributed by atoms with E-state index in [1.54, 1.807) is 24.3 Å². The van der Waals surface area contributed by atoms with E-state index in [2.05, 4.69) is 0 Å². The van der Waals surface area contributed by atoms with Gasteiger partial charge in [0.15, 0.2) is 0 Å². The number of esters is 1. The Bertz CT molecular complexity index is 770.